The van der Waals surface area contributed by atoms with Crippen LogP contribution in [-0.2, 0) is 28.6 Å². The summed E-state index contributed by atoms with van der Waals surface area (Å²) < 4.78 is 16.9. The van der Waals surface area contributed by atoms with Crippen LogP contribution in [0.4, 0.5) is 0 Å². The summed E-state index contributed by atoms with van der Waals surface area (Å²) >= 11 is 0. The molecule has 0 aliphatic heterocycles. The molecule has 0 fully saturated rings. The maximum atomic E-state index is 12.9. The average molecular weight is 1070 g/mol. The van der Waals surface area contributed by atoms with Crippen LogP contribution in [-0.4, -0.2) is 37.2 Å². The summed E-state index contributed by atoms with van der Waals surface area (Å²) in [6.45, 7) is 6.45. The standard InChI is InChI=1S/C71H118O6/c1-4-7-10-13-16-19-22-25-28-30-32-33-34-35-36-37-39-40-43-46-49-52-55-58-61-64-70(73)76-67-68(66-75-69(72)63-60-57-54-51-48-45-42-27-24-21-18-15-12-9-6-3)77-71(74)65-62-59-56-53-50-47-44-41-38-31-29-26-23-20-17-14-11-8-5-2/h9,12,17-18,20-22,25-27,29-30,32,34-35,38,41-42,48,51,68H,4-8,10-11,13-16,19,23-24,28,31,33,36-37,39-40,43-47,49-50,52-67H2,1-3H3/b12-9-,20-17-,21-18-,25-22-,29-26-,32-30-,35-34-,41-38-,42-27-,51-48-. The molecule has 0 N–H and O–H groups in total. The number of carbonyl (C=O) groups excluding carboxylic acids is 3. The second-order valence-corrected chi connectivity index (χ2v) is 20.9. The minimum atomic E-state index is -0.809. The molecule has 1 atom stereocenters. The van der Waals surface area contributed by atoms with Crippen molar-refractivity contribution in [3.05, 3.63) is 122 Å². The van der Waals surface area contributed by atoms with Crippen molar-refractivity contribution in [1.29, 1.82) is 0 Å². The zero-order valence-electron chi connectivity index (χ0n) is 50.2. The minimum absolute atomic E-state index is 0.101. The first-order valence-corrected chi connectivity index (χ1v) is 32.0. The van der Waals surface area contributed by atoms with Gasteiger partial charge in [0.1, 0.15) is 13.2 Å². The van der Waals surface area contributed by atoms with Crippen molar-refractivity contribution in [2.45, 2.75) is 297 Å². The van der Waals surface area contributed by atoms with Crippen molar-refractivity contribution >= 4 is 17.9 Å². The molecule has 0 aromatic heterocycles. The van der Waals surface area contributed by atoms with Crippen molar-refractivity contribution in [2.24, 2.45) is 0 Å². The normalized spacial score (nSPS) is 12.9. The van der Waals surface area contributed by atoms with E-state index in [1.165, 1.54) is 128 Å². The van der Waals surface area contributed by atoms with Gasteiger partial charge in [0.15, 0.2) is 6.10 Å². The molecule has 0 aromatic carbocycles. The number of allylic oxidation sites excluding steroid dienone is 20. The van der Waals surface area contributed by atoms with E-state index in [1.807, 2.05) is 0 Å². The molecule has 0 saturated heterocycles. The molecule has 0 radical (unpaired) electrons. The molecule has 0 heterocycles. The van der Waals surface area contributed by atoms with Gasteiger partial charge in [-0.2, -0.15) is 0 Å². The highest BCUT2D eigenvalue weighted by molar-refractivity contribution is 5.71. The molecule has 0 saturated carbocycles. The molecule has 0 aliphatic rings. The van der Waals surface area contributed by atoms with Gasteiger partial charge in [-0.1, -0.05) is 258 Å². The van der Waals surface area contributed by atoms with Crippen LogP contribution in [0.3, 0.4) is 0 Å². The van der Waals surface area contributed by atoms with Crippen molar-refractivity contribution < 1.29 is 28.6 Å². The fourth-order valence-corrected chi connectivity index (χ4v) is 8.62. The predicted octanol–water partition coefficient (Wildman–Crippen LogP) is 22.0. The lowest BCUT2D eigenvalue weighted by Gasteiger charge is -2.18. The van der Waals surface area contributed by atoms with Crippen molar-refractivity contribution in [3.63, 3.8) is 0 Å². The lowest BCUT2D eigenvalue weighted by Crippen LogP contribution is -2.30. The zero-order valence-corrected chi connectivity index (χ0v) is 50.2. The Balaban J connectivity index is 4.42. The summed E-state index contributed by atoms with van der Waals surface area (Å²) in [4.78, 5) is 38.3. The van der Waals surface area contributed by atoms with Crippen LogP contribution < -0.4 is 0 Å². The van der Waals surface area contributed by atoms with Crippen LogP contribution in [0, 0.1) is 0 Å². The summed E-state index contributed by atoms with van der Waals surface area (Å²) in [6.07, 6.45) is 89.1. The Hall–Kier alpha value is -4.19. The third-order valence-electron chi connectivity index (χ3n) is 13.4. The number of hydrogen-bond acceptors (Lipinski definition) is 6. The van der Waals surface area contributed by atoms with Gasteiger partial charge in [0.25, 0.3) is 0 Å². The van der Waals surface area contributed by atoms with Crippen LogP contribution in [0.25, 0.3) is 0 Å². The first kappa shape index (κ1) is 72.8. The third kappa shape index (κ3) is 62.5. The quantitative estimate of drug-likeness (QED) is 0.0261. The molecular formula is C71H118O6. The van der Waals surface area contributed by atoms with Crippen LogP contribution in [0.15, 0.2) is 122 Å². The summed E-state index contributed by atoms with van der Waals surface area (Å²) in [5, 5.41) is 0. The van der Waals surface area contributed by atoms with Gasteiger partial charge in [-0.3, -0.25) is 14.4 Å². The van der Waals surface area contributed by atoms with E-state index in [1.54, 1.807) is 0 Å². The third-order valence-corrected chi connectivity index (χ3v) is 13.4. The second kappa shape index (κ2) is 64.3. The first-order valence-electron chi connectivity index (χ1n) is 32.0. The molecule has 438 valence electrons. The fraction of sp³-hybridized carbons (Fsp3) is 0.676. The number of unbranched alkanes of at least 4 members (excludes halogenated alkanes) is 26. The van der Waals surface area contributed by atoms with E-state index in [-0.39, 0.29) is 31.1 Å². The molecule has 0 amide bonds. The monoisotopic (exact) mass is 1070 g/mol. The smallest absolute Gasteiger partial charge is 0.306 e. The second-order valence-electron chi connectivity index (χ2n) is 20.9. The number of carbonyl (C=O) groups is 3. The topological polar surface area (TPSA) is 78.9 Å². The largest absolute Gasteiger partial charge is 0.462 e. The summed E-state index contributed by atoms with van der Waals surface area (Å²) in [6, 6.07) is 0. The van der Waals surface area contributed by atoms with Crippen LogP contribution in [0.1, 0.15) is 290 Å². The highest BCUT2D eigenvalue weighted by atomic mass is 16.6. The molecule has 0 spiro atoms. The van der Waals surface area contributed by atoms with Gasteiger partial charge >= 0.3 is 17.9 Å². The molecule has 0 aliphatic carbocycles. The van der Waals surface area contributed by atoms with Gasteiger partial charge in [0.2, 0.25) is 0 Å². The van der Waals surface area contributed by atoms with E-state index in [0.29, 0.717) is 19.3 Å². The minimum Gasteiger partial charge on any atom is -0.462 e. The Bertz CT molecular complexity index is 1600. The maximum Gasteiger partial charge on any atom is 0.306 e. The molecule has 0 aromatic rings. The Morgan fingerprint density at radius 2 is 0.506 bits per heavy atom. The number of ether oxygens (including phenoxy) is 3. The van der Waals surface area contributed by atoms with Crippen LogP contribution in [0.2, 0.25) is 0 Å². The molecule has 6 heteroatoms. The van der Waals surface area contributed by atoms with E-state index < -0.39 is 6.10 Å². The van der Waals surface area contributed by atoms with Gasteiger partial charge in [-0.15, -0.1) is 0 Å². The van der Waals surface area contributed by atoms with E-state index in [0.717, 1.165) is 122 Å². The van der Waals surface area contributed by atoms with Crippen LogP contribution >= 0.6 is 0 Å². The van der Waals surface area contributed by atoms with Gasteiger partial charge < -0.3 is 14.2 Å². The molecule has 77 heavy (non-hydrogen) atoms. The molecular weight excluding hydrogens is 949 g/mol. The van der Waals surface area contributed by atoms with Crippen molar-refractivity contribution in [1.82, 2.24) is 0 Å². The zero-order chi connectivity index (χ0) is 55.7. The van der Waals surface area contributed by atoms with E-state index in [9.17, 15) is 14.4 Å². The lowest BCUT2D eigenvalue weighted by molar-refractivity contribution is -0.167. The Kier molecular flexibility index (Phi) is 60.8. The Labute approximate surface area is 475 Å². The molecule has 0 bridgehead atoms. The first-order chi connectivity index (χ1) is 38.0. The van der Waals surface area contributed by atoms with E-state index >= 15 is 0 Å². The summed E-state index contributed by atoms with van der Waals surface area (Å²) in [5.41, 5.74) is 0. The highest BCUT2D eigenvalue weighted by Crippen LogP contribution is 2.15. The lowest BCUT2D eigenvalue weighted by atomic mass is 10.1. The van der Waals surface area contributed by atoms with Gasteiger partial charge in [0.05, 0.1) is 0 Å². The molecule has 1 unspecified atom stereocenters. The number of esters is 3. The van der Waals surface area contributed by atoms with E-state index in [4.69, 9.17) is 14.2 Å². The molecule has 6 nitrogen and oxygen atoms in total. The Morgan fingerprint density at radius 3 is 0.844 bits per heavy atom. The van der Waals surface area contributed by atoms with Gasteiger partial charge in [-0.25, -0.2) is 0 Å². The Morgan fingerprint density at radius 1 is 0.273 bits per heavy atom. The number of rotatable bonds is 57. The highest BCUT2D eigenvalue weighted by Gasteiger charge is 2.19. The predicted molar refractivity (Wildman–Crippen MR) is 334 cm³/mol. The van der Waals surface area contributed by atoms with Gasteiger partial charge in [-0.05, 0) is 135 Å². The van der Waals surface area contributed by atoms with Crippen molar-refractivity contribution in [2.75, 3.05) is 13.2 Å². The summed E-state index contributed by atoms with van der Waals surface area (Å²) in [7, 11) is 0. The fourth-order valence-electron chi connectivity index (χ4n) is 8.62. The molecule has 0 rings (SSSR count). The average Bonchev–Trinajstić information content (AvgIpc) is 3.43. The van der Waals surface area contributed by atoms with E-state index in [2.05, 4.69) is 142 Å². The van der Waals surface area contributed by atoms with Crippen molar-refractivity contribution in [3.8, 4) is 0 Å². The summed E-state index contributed by atoms with van der Waals surface area (Å²) in [5.74, 6) is -0.957. The number of hydrogen-bond donors (Lipinski definition) is 0. The maximum absolute atomic E-state index is 12.9. The van der Waals surface area contributed by atoms with Gasteiger partial charge in [0, 0.05) is 19.3 Å². The SMILES string of the molecule is CC/C=C\C/C=C\C/C=C\C/C=C\CCCCC(=O)OCC(COC(=O)CCCCCCCCCCCC/C=C\C/C=C\C/C=C\CCCCCCC)OC(=O)CCCCCCCC/C=C\C/C=C\C/C=C\CCCCC. The van der Waals surface area contributed by atoms with Crippen LogP contribution in [0.5, 0.6) is 0 Å².